The van der Waals surface area contributed by atoms with Gasteiger partial charge in [0.25, 0.3) is 0 Å². The van der Waals surface area contributed by atoms with Crippen molar-refractivity contribution in [1.82, 2.24) is 20.5 Å². The molecular weight excluding hydrogens is 579 g/mol. The fraction of sp³-hybridized carbons (Fsp3) is 0.419. The predicted molar refractivity (Wildman–Crippen MR) is 162 cm³/mol. The van der Waals surface area contributed by atoms with Crippen LogP contribution < -0.4 is 16.2 Å². The van der Waals surface area contributed by atoms with Crippen LogP contribution in [-0.4, -0.2) is 49.2 Å². The van der Waals surface area contributed by atoms with Gasteiger partial charge in [-0.1, -0.05) is 47.5 Å². The van der Waals surface area contributed by atoms with Gasteiger partial charge in [-0.3, -0.25) is 10.7 Å². The fourth-order valence-corrected chi connectivity index (χ4v) is 8.64. The Labute approximate surface area is 252 Å². The molecule has 0 bridgehead atoms. The minimum absolute atomic E-state index is 0.0560. The van der Waals surface area contributed by atoms with Gasteiger partial charge in [0.1, 0.15) is 5.75 Å². The number of benzene rings is 3. The summed E-state index contributed by atoms with van der Waals surface area (Å²) in [4.78, 5) is 0.218. The van der Waals surface area contributed by atoms with Crippen molar-refractivity contribution in [2.75, 3.05) is 13.1 Å². The molecule has 3 aliphatic rings. The molecule has 4 N–H and O–H groups in total. The van der Waals surface area contributed by atoms with Gasteiger partial charge in [0.05, 0.1) is 11.1 Å². The lowest BCUT2D eigenvalue weighted by molar-refractivity contribution is 0.185. The topological polar surface area (TPSA) is 93.7 Å². The van der Waals surface area contributed by atoms with Gasteiger partial charge >= 0.3 is 0 Å². The monoisotopic (exact) mass is 614 g/mol. The molecule has 1 aliphatic carbocycles. The molecule has 3 fully saturated rings. The Bertz CT molecular complexity index is 1380. The van der Waals surface area contributed by atoms with Crippen LogP contribution in [0.5, 0.6) is 5.75 Å². The lowest BCUT2D eigenvalue weighted by Gasteiger charge is -2.39. The van der Waals surface area contributed by atoms with Crippen LogP contribution in [0, 0.1) is 11.8 Å². The quantitative estimate of drug-likeness (QED) is 0.281. The molecule has 2 aliphatic heterocycles. The van der Waals surface area contributed by atoms with Crippen LogP contribution in [0.15, 0.2) is 77.7 Å². The van der Waals surface area contributed by atoms with Crippen molar-refractivity contribution in [3.05, 3.63) is 94.0 Å². The first kappa shape index (κ1) is 28.9. The maximum atomic E-state index is 13.1. The molecule has 0 radical (unpaired) electrons. The standard InChI is InChI=1S/C31H36Cl2N4O3S/c32-23-6-1-20(2-7-23)30(21-3-8-24(33)9-4-21)22-5-14-29-28(19-22)31(36-35-29)34-25-15-17-37(18-16-25)41(39,40)27-12-10-26(38)11-13-27/h1-4,6-13,22,25,28-31,34-36,38H,5,14-19H2. The number of sulfonamides is 1. The normalized spacial score (nSPS) is 25.8. The van der Waals surface area contributed by atoms with Crippen LogP contribution in [0.3, 0.4) is 0 Å². The average Bonchev–Trinajstić information content (AvgIpc) is 3.37. The summed E-state index contributed by atoms with van der Waals surface area (Å²) in [6.45, 7) is 0.930. The molecule has 0 aromatic heterocycles. The highest BCUT2D eigenvalue weighted by Gasteiger charge is 2.43. The molecule has 0 spiro atoms. The maximum Gasteiger partial charge on any atom is 0.243 e. The number of nitrogens with one attached hydrogen (secondary N) is 3. The van der Waals surface area contributed by atoms with E-state index in [-0.39, 0.29) is 28.8 Å². The number of nitrogens with zero attached hydrogens (tertiary/aromatic N) is 1. The maximum absolute atomic E-state index is 13.1. The second-order valence-corrected chi connectivity index (χ2v) is 14.3. The lowest BCUT2D eigenvalue weighted by atomic mass is 9.68. The summed E-state index contributed by atoms with van der Waals surface area (Å²) in [7, 11) is -3.57. The van der Waals surface area contributed by atoms with E-state index in [0.29, 0.717) is 31.0 Å². The summed E-state index contributed by atoms with van der Waals surface area (Å²) in [5.74, 6) is 1.18. The predicted octanol–water partition coefficient (Wildman–Crippen LogP) is 5.49. The Morgan fingerprint density at radius 3 is 1.98 bits per heavy atom. The number of hydrogen-bond donors (Lipinski definition) is 4. The van der Waals surface area contributed by atoms with Crippen molar-refractivity contribution in [3.8, 4) is 5.75 Å². The molecule has 41 heavy (non-hydrogen) atoms. The van der Waals surface area contributed by atoms with E-state index in [1.165, 1.54) is 35.4 Å². The van der Waals surface area contributed by atoms with Crippen molar-refractivity contribution < 1.29 is 13.5 Å². The molecule has 0 amide bonds. The van der Waals surface area contributed by atoms with Crippen LogP contribution in [0.25, 0.3) is 0 Å². The van der Waals surface area contributed by atoms with E-state index in [2.05, 4.69) is 40.4 Å². The van der Waals surface area contributed by atoms with E-state index in [0.717, 1.165) is 42.1 Å². The third-order valence-corrected chi connectivity index (χ3v) is 11.5. The number of halogens is 2. The summed E-state index contributed by atoms with van der Waals surface area (Å²) in [5.41, 5.74) is 9.60. The summed E-state index contributed by atoms with van der Waals surface area (Å²) < 4.78 is 27.7. The Morgan fingerprint density at radius 1 is 0.805 bits per heavy atom. The molecule has 4 atom stereocenters. The number of hydrazine groups is 1. The van der Waals surface area contributed by atoms with E-state index in [1.807, 2.05) is 24.3 Å². The largest absolute Gasteiger partial charge is 0.508 e. The zero-order chi connectivity index (χ0) is 28.6. The molecule has 4 unspecified atom stereocenters. The Hall–Kier alpha value is -2.17. The molecule has 7 nitrogen and oxygen atoms in total. The van der Waals surface area contributed by atoms with Gasteiger partial charge in [0.15, 0.2) is 0 Å². The number of hydrogen-bond acceptors (Lipinski definition) is 6. The number of rotatable bonds is 7. The van der Waals surface area contributed by atoms with Crippen molar-refractivity contribution in [2.45, 2.75) is 61.2 Å². The minimum atomic E-state index is -3.57. The zero-order valence-electron chi connectivity index (χ0n) is 22.7. The van der Waals surface area contributed by atoms with Gasteiger partial charge in [-0.15, -0.1) is 0 Å². The number of phenolic OH excluding ortho intramolecular Hbond substituents is 1. The van der Waals surface area contributed by atoms with E-state index in [9.17, 15) is 13.5 Å². The summed E-state index contributed by atoms with van der Waals surface area (Å²) in [6, 6.07) is 22.9. The molecule has 3 aromatic rings. The third kappa shape index (κ3) is 6.30. The highest BCUT2D eigenvalue weighted by Crippen LogP contribution is 2.44. The smallest absolute Gasteiger partial charge is 0.243 e. The van der Waals surface area contributed by atoms with Gasteiger partial charge in [-0.2, -0.15) is 4.31 Å². The van der Waals surface area contributed by atoms with Crippen LogP contribution in [-0.2, 0) is 10.0 Å². The Balaban J connectivity index is 1.12. The summed E-state index contributed by atoms with van der Waals surface area (Å²) >= 11 is 12.5. The number of phenols is 1. The number of piperidine rings is 1. The van der Waals surface area contributed by atoms with E-state index in [4.69, 9.17) is 23.2 Å². The van der Waals surface area contributed by atoms with Gasteiger partial charge in [0, 0.05) is 47.1 Å². The molecule has 3 aromatic carbocycles. The second-order valence-electron chi connectivity index (χ2n) is 11.5. The van der Waals surface area contributed by atoms with Crippen molar-refractivity contribution in [2.24, 2.45) is 11.8 Å². The first-order valence-electron chi connectivity index (χ1n) is 14.3. The van der Waals surface area contributed by atoms with Crippen molar-refractivity contribution in [3.63, 3.8) is 0 Å². The van der Waals surface area contributed by atoms with Gasteiger partial charge in [-0.05, 0) is 97.7 Å². The Kier molecular flexibility index (Phi) is 8.61. The first-order valence-corrected chi connectivity index (χ1v) is 16.5. The SMILES string of the molecule is O=S(=O)(c1ccc(O)cc1)N1CCC(NC2NNC3CCC(C(c4ccc(Cl)cc4)c4ccc(Cl)cc4)CC32)CC1. The van der Waals surface area contributed by atoms with E-state index >= 15 is 0 Å². The molecule has 6 rings (SSSR count). The summed E-state index contributed by atoms with van der Waals surface area (Å²) in [5, 5.41) is 14.8. The number of aromatic hydroxyl groups is 1. The van der Waals surface area contributed by atoms with Crippen molar-refractivity contribution >= 4 is 33.2 Å². The van der Waals surface area contributed by atoms with E-state index in [1.54, 1.807) is 4.31 Å². The first-order chi connectivity index (χ1) is 19.8. The fourth-order valence-electron chi connectivity index (χ4n) is 6.92. The second kappa shape index (κ2) is 12.2. The van der Waals surface area contributed by atoms with Gasteiger partial charge in [0.2, 0.25) is 10.0 Å². The van der Waals surface area contributed by atoms with Crippen LogP contribution in [0.4, 0.5) is 0 Å². The lowest BCUT2D eigenvalue weighted by Crippen LogP contribution is -2.53. The van der Waals surface area contributed by atoms with E-state index < -0.39 is 10.0 Å². The van der Waals surface area contributed by atoms with Crippen LogP contribution in [0.2, 0.25) is 10.0 Å². The molecule has 218 valence electrons. The minimum Gasteiger partial charge on any atom is -0.508 e. The molecule has 10 heteroatoms. The molecule has 2 heterocycles. The average molecular weight is 616 g/mol. The van der Waals surface area contributed by atoms with Crippen LogP contribution >= 0.6 is 23.2 Å². The molecule has 2 saturated heterocycles. The molecular formula is C31H36Cl2N4O3S. The van der Waals surface area contributed by atoms with Gasteiger partial charge < -0.3 is 5.11 Å². The molecule has 1 saturated carbocycles. The van der Waals surface area contributed by atoms with Crippen LogP contribution in [0.1, 0.15) is 49.1 Å². The van der Waals surface area contributed by atoms with Crippen molar-refractivity contribution in [1.29, 1.82) is 0 Å². The third-order valence-electron chi connectivity index (χ3n) is 9.07. The highest BCUT2D eigenvalue weighted by molar-refractivity contribution is 7.89. The zero-order valence-corrected chi connectivity index (χ0v) is 25.0. The Morgan fingerprint density at radius 2 is 1.39 bits per heavy atom. The van der Waals surface area contributed by atoms with Gasteiger partial charge in [-0.25, -0.2) is 13.8 Å². The summed E-state index contributed by atoms with van der Waals surface area (Å²) in [6.07, 6.45) is 4.87. The number of fused-ring (bicyclic) bond motifs is 1. The highest BCUT2D eigenvalue weighted by atomic mass is 35.5.